The van der Waals surface area contributed by atoms with Crippen LogP contribution in [0.25, 0.3) is 0 Å². The van der Waals surface area contributed by atoms with Crippen molar-refractivity contribution in [3.05, 3.63) is 46.3 Å². The fourth-order valence-corrected chi connectivity index (χ4v) is 2.43. The first kappa shape index (κ1) is 13.7. The number of nitrogens with two attached hydrogens (primary N) is 1. The van der Waals surface area contributed by atoms with Crippen molar-refractivity contribution in [2.24, 2.45) is 5.73 Å². The molecule has 19 heavy (non-hydrogen) atoms. The molecule has 0 unspecified atom stereocenters. The van der Waals surface area contributed by atoms with Crippen molar-refractivity contribution < 1.29 is 0 Å². The molecule has 1 heterocycles. The molecule has 0 radical (unpaired) electrons. The van der Waals surface area contributed by atoms with Gasteiger partial charge in [0.1, 0.15) is 0 Å². The molecule has 0 bridgehead atoms. The number of hydrogen-bond donors (Lipinski definition) is 1. The lowest BCUT2D eigenvalue weighted by Crippen LogP contribution is -2.05. The Morgan fingerprint density at radius 3 is 2.47 bits per heavy atom. The summed E-state index contributed by atoms with van der Waals surface area (Å²) in [6.45, 7) is 7.92. The lowest BCUT2D eigenvalue weighted by atomic mass is 10.00. The van der Waals surface area contributed by atoms with Crippen LogP contribution in [0.3, 0.4) is 0 Å². The largest absolute Gasteiger partial charge is 0.330 e. The van der Waals surface area contributed by atoms with Crippen molar-refractivity contribution in [3.8, 4) is 0 Å². The van der Waals surface area contributed by atoms with Crippen LogP contribution < -0.4 is 5.73 Å². The van der Waals surface area contributed by atoms with Gasteiger partial charge >= 0.3 is 0 Å². The van der Waals surface area contributed by atoms with Crippen molar-refractivity contribution in [3.63, 3.8) is 0 Å². The molecule has 0 spiro atoms. The Bertz CT molecular complexity index is 534. The summed E-state index contributed by atoms with van der Waals surface area (Å²) in [7, 11) is 0. The van der Waals surface area contributed by atoms with Crippen LogP contribution >= 0.6 is 0 Å². The summed E-state index contributed by atoms with van der Waals surface area (Å²) >= 11 is 0. The number of aryl methyl sites for hydroxylation is 4. The third-order valence-corrected chi connectivity index (χ3v) is 3.38. The Balaban J connectivity index is 2.15. The molecule has 1 aromatic heterocycles. The molecule has 2 N–H and O–H groups in total. The summed E-state index contributed by atoms with van der Waals surface area (Å²) in [5.74, 6) is 0. The number of aromatic nitrogens is 3. The minimum absolute atomic E-state index is 0.697. The van der Waals surface area contributed by atoms with Gasteiger partial charge in [-0.25, -0.2) is 4.68 Å². The van der Waals surface area contributed by atoms with Crippen molar-refractivity contribution in [2.45, 2.75) is 40.2 Å². The summed E-state index contributed by atoms with van der Waals surface area (Å²) in [6, 6.07) is 4.43. The molecule has 0 aliphatic heterocycles. The van der Waals surface area contributed by atoms with E-state index in [0.717, 1.165) is 25.1 Å². The van der Waals surface area contributed by atoms with Crippen LogP contribution in [0.4, 0.5) is 0 Å². The Kier molecular flexibility index (Phi) is 4.32. The van der Waals surface area contributed by atoms with Crippen LogP contribution in [0.1, 0.15) is 34.4 Å². The van der Waals surface area contributed by atoms with Crippen LogP contribution in [-0.4, -0.2) is 21.5 Å². The average Bonchev–Trinajstić information content (AvgIpc) is 2.79. The van der Waals surface area contributed by atoms with Crippen LogP contribution in [0, 0.1) is 20.8 Å². The highest BCUT2D eigenvalue weighted by Crippen LogP contribution is 2.17. The third-order valence-electron chi connectivity index (χ3n) is 3.38. The van der Waals surface area contributed by atoms with Gasteiger partial charge in [0.2, 0.25) is 0 Å². The van der Waals surface area contributed by atoms with E-state index in [1.165, 1.54) is 22.3 Å². The van der Waals surface area contributed by atoms with Gasteiger partial charge in [-0.1, -0.05) is 22.9 Å². The highest BCUT2D eigenvalue weighted by molar-refractivity contribution is 5.37. The summed E-state index contributed by atoms with van der Waals surface area (Å²) in [4.78, 5) is 0. The number of rotatable bonds is 5. The monoisotopic (exact) mass is 258 g/mol. The second-order valence-corrected chi connectivity index (χ2v) is 5.18. The van der Waals surface area contributed by atoms with Crippen molar-refractivity contribution >= 4 is 0 Å². The zero-order chi connectivity index (χ0) is 13.8. The minimum atomic E-state index is 0.697. The first-order chi connectivity index (χ1) is 9.10. The molecular weight excluding hydrogens is 236 g/mol. The smallest absolute Gasteiger partial charge is 0.0827 e. The molecule has 0 aliphatic rings. The molecule has 4 heteroatoms. The molecule has 2 aromatic rings. The molecule has 4 nitrogen and oxygen atoms in total. The van der Waals surface area contributed by atoms with E-state index < -0.39 is 0 Å². The molecule has 102 valence electrons. The quantitative estimate of drug-likeness (QED) is 0.894. The van der Waals surface area contributed by atoms with Gasteiger partial charge in [-0.05, 0) is 56.8 Å². The van der Waals surface area contributed by atoms with Crippen LogP contribution in [0.15, 0.2) is 18.3 Å². The van der Waals surface area contributed by atoms with E-state index >= 15 is 0 Å². The van der Waals surface area contributed by atoms with Gasteiger partial charge < -0.3 is 5.73 Å². The van der Waals surface area contributed by atoms with Crippen molar-refractivity contribution in [2.75, 3.05) is 6.54 Å². The van der Waals surface area contributed by atoms with Crippen LogP contribution in [-0.2, 0) is 13.0 Å². The maximum absolute atomic E-state index is 5.51. The zero-order valence-corrected chi connectivity index (χ0v) is 12.0. The molecule has 0 atom stereocenters. The Morgan fingerprint density at radius 2 is 1.84 bits per heavy atom. The van der Waals surface area contributed by atoms with Gasteiger partial charge in [0, 0.05) is 6.20 Å². The van der Waals surface area contributed by atoms with Gasteiger partial charge in [0.15, 0.2) is 0 Å². The summed E-state index contributed by atoms with van der Waals surface area (Å²) < 4.78 is 1.91. The summed E-state index contributed by atoms with van der Waals surface area (Å²) in [5.41, 5.74) is 11.8. The maximum atomic E-state index is 5.51. The van der Waals surface area contributed by atoms with E-state index in [1.807, 2.05) is 10.9 Å². The topological polar surface area (TPSA) is 56.7 Å². The van der Waals surface area contributed by atoms with Crippen molar-refractivity contribution in [1.29, 1.82) is 0 Å². The molecule has 1 aromatic carbocycles. The average molecular weight is 258 g/mol. The van der Waals surface area contributed by atoms with E-state index in [9.17, 15) is 0 Å². The minimum Gasteiger partial charge on any atom is -0.330 e. The fourth-order valence-electron chi connectivity index (χ4n) is 2.43. The lowest BCUT2D eigenvalue weighted by Gasteiger charge is -2.10. The van der Waals surface area contributed by atoms with Crippen LogP contribution in [0.5, 0.6) is 0 Å². The summed E-state index contributed by atoms with van der Waals surface area (Å²) in [5, 5.41) is 8.38. The Morgan fingerprint density at radius 1 is 1.16 bits per heavy atom. The molecular formula is C15H22N4. The van der Waals surface area contributed by atoms with Gasteiger partial charge in [-0.15, -0.1) is 5.10 Å². The first-order valence-corrected chi connectivity index (χ1v) is 6.76. The second-order valence-electron chi connectivity index (χ2n) is 5.18. The van der Waals surface area contributed by atoms with E-state index in [1.54, 1.807) is 0 Å². The van der Waals surface area contributed by atoms with Crippen LogP contribution in [0.2, 0.25) is 0 Å². The van der Waals surface area contributed by atoms with Gasteiger partial charge in [-0.3, -0.25) is 0 Å². The molecule has 2 rings (SSSR count). The highest BCUT2D eigenvalue weighted by atomic mass is 15.4. The second kappa shape index (κ2) is 5.97. The molecule has 0 saturated heterocycles. The number of benzene rings is 1. The van der Waals surface area contributed by atoms with E-state index in [0.29, 0.717) is 6.54 Å². The van der Waals surface area contributed by atoms with E-state index in [4.69, 9.17) is 5.73 Å². The Hall–Kier alpha value is -1.68. The zero-order valence-electron chi connectivity index (χ0n) is 12.0. The standard InChI is InChI=1S/C15H22N4/c1-11-7-12(2)15(13(3)8-11)10-19-9-14(17-18-19)5-4-6-16/h7-9H,4-6,10,16H2,1-3H3. The van der Waals surface area contributed by atoms with E-state index in [-0.39, 0.29) is 0 Å². The predicted octanol–water partition coefficient (Wildman–Crippen LogP) is 2.14. The van der Waals surface area contributed by atoms with Gasteiger partial charge in [0.05, 0.1) is 12.2 Å². The highest BCUT2D eigenvalue weighted by Gasteiger charge is 2.07. The number of nitrogens with zero attached hydrogens (tertiary/aromatic N) is 3. The molecule has 0 fully saturated rings. The fraction of sp³-hybridized carbons (Fsp3) is 0.467. The SMILES string of the molecule is Cc1cc(C)c(Cn2cc(CCCN)nn2)c(C)c1. The normalized spacial score (nSPS) is 10.9. The number of hydrogen-bond acceptors (Lipinski definition) is 3. The predicted molar refractivity (Wildman–Crippen MR) is 77.2 cm³/mol. The molecule has 0 aliphatic carbocycles. The third kappa shape index (κ3) is 3.41. The van der Waals surface area contributed by atoms with Crippen molar-refractivity contribution in [1.82, 2.24) is 15.0 Å². The first-order valence-electron chi connectivity index (χ1n) is 6.76. The Labute approximate surface area is 114 Å². The lowest BCUT2D eigenvalue weighted by molar-refractivity contribution is 0.644. The van der Waals surface area contributed by atoms with Gasteiger partial charge in [-0.2, -0.15) is 0 Å². The van der Waals surface area contributed by atoms with E-state index in [2.05, 4.69) is 43.2 Å². The molecule has 0 saturated carbocycles. The maximum Gasteiger partial charge on any atom is 0.0827 e. The van der Waals surface area contributed by atoms with Gasteiger partial charge in [0.25, 0.3) is 0 Å². The molecule has 0 amide bonds. The summed E-state index contributed by atoms with van der Waals surface area (Å²) in [6.07, 6.45) is 3.89.